The molecule has 0 bridgehead atoms. The van der Waals surface area contributed by atoms with Crippen molar-refractivity contribution in [1.82, 2.24) is 0 Å². The number of ether oxygens (including phenoxy) is 1. The molecule has 0 amide bonds. The van der Waals surface area contributed by atoms with E-state index in [-0.39, 0.29) is 23.3 Å². The van der Waals surface area contributed by atoms with E-state index >= 15 is 4.39 Å². The van der Waals surface area contributed by atoms with Gasteiger partial charge in [-0.15, -0.1) is 0 Å². The fourth-order valence-corrected chi connectivity index (χ4v) is 3.94. The Kier molecular flexibility index (Phi) is 6.28. The smallest absolute Gasteiger partial charge is 0.201 e. The van der Waals surface area contributed by atoms with Crippen LogP contribution in [0.25, 0.3) is 33.1 Å². The molecule has 0 saturated carbocycles. The van der Waals surface area contributed by atoms with Gasteiger partial charge in [-0.25, -0.2) is 22.0 Å². The van der Waals surface area contributed by atoms with Crippen LogP contribution in [0.1, 0.15) is 38.7 Å². The predicted molar refractivity (Wildman–Crippen MR) is 113 cm³/mol. The lowest BCUT2D eigenvalue weighted by molar-refractivity contribution is 0.315. The van der Waals surface area contributed by atoms with Crippen LogP contribution < -0.4 is 4.74 Å². The summed E-state index contributed by atoms with van der Waals surface area (Å²) in [4.78, 5) is 0. The molecule has 0 unspecified atom stereocenters. The average Bonchev–Trinajstić information content (AvgIpc) is 3.16. The lowest BCUT2D eigenvalue weighted by Crippen LogP contribution is -2.00. The number of benzene rings is 3. The highest BCUT2D eigenvalue weighted by atomic mass is 19.2. The summed E-state index contributed by atoms with van der Waals surface area (Å²) in [6.45, 7) is 3.57. The normalized spacial score (nSPS) is 11.6. The number of fused-ring (bicyclic) bond motifs is 3. The van der Waals surface area contributed by atoms with Crippen LogP contribution in [0, 0.1) is 34.9 Å². The van der Waals surface area contributed by atoms with Gasteiger partial charge >= 0.3 is 0 Å². The highest BCUT2D eigenvalue weighted by Gasteiger charge is 2.27. The van der Waals surface area contributed by atoms with Gasteiger partial charge in [-0.1, -0.05) is 31.9 Å². The van der Waals surface area contributed by atoms with Crippen molar-refractivity contribution in [3.63, 3.8) is 0 Å². The predicted octanol–water partition coefficient (Wildman–Crippen LogP) is 8.22. The molecule has 0 fully saturated rings. The van der Waals surface area contributed by atoms with E-state index < -0.39 is 62.6 Å². The second-order valence-electron chi connectivity index (χ2n) is 7.69. The molecule has 4 rings (SSSR count). The number of halogens is 6. The number of hydrogen-bond acceptors (Lipinski definition) is 2. The molecule has 0 aliphatic rings. The lowest BCUT2D eigenvalue weighted by Gasteiger charge is -2.10. The van der Waals surface area contributed by atoms with Gasteiger partial charge in [0.1, 0.15) is 11.2 Å². The standard InChI is InChI=1S/C25H20F6O2/c1-3-5-6-7-12-8-9-13(21(27)20(12)26)14-10-15-18(24(30)22(14)28)19-16(33-15)11-17(32-4-2)23(29)25(19)31/h8-11H,3-7H2,1-2H3. The largest absolute Gasteiger partial charge is 0.491 e. The van der Waals surface area contributed by atoms with Crippen LogP contribution >= 0.6 is 0 Å². The average molecular weight is 466 g/mol. The Hall–Kier alpha value is -3.16. The Morgan fingerprint density at radius 1 is 0.697 bits per heavy atom. The Labute approximate surface area is 185 Å². The molecule has 1 aromatic heterocycles. The summed E-state index contributed by atoms with van der Waals surface area (Å²) in [6.07, 6.45) is 2.71. The van der Waals surface area contributed by atoms with Crippen LogP contribution in [-0.4, -0.2) is 6.61 Å². The van der Waals surface area contributed by atoms with Crippen molar-refractivity contribution >= 4 is 21.9 Å². The number of aryl methyl sites for hydroxylation is 1. The quantitative estimate of drug-likeness (QED) is 0.202. The first kappa shape index (κ1) is 23.0. The molecular formula is C25H20F6O2. The van der Waals surface area contributed by atoms with Crippen LogP contribution in [0.2, 0.25) is 0 Å². The van der Waals surface area contributed by atoms with Gasteiger partial charge in [0.2, 0.25) is 5.82 Å². The third kappa shape index (κ3) is 3.81. The van der Waals surface area contributed by atoms with Crippen LogP contribution in [0.5, 0.6) is 5.75 Å². The molecule has 1 heterocycles. The first-order valence-electron chi connectivity index (χ1n) is 10.6. The molecule has 33 heavy (non-hydrogen) atoms. The van der Waals surface area contributed by atoms with Gasteiger partial charge in [-0.05, 0) is 31.4 Å². The van der Waals surface area contributed by atoms with Gasteiger partial charge in [-0.3, -0.25) is 0 Å². The van der Waals surface area contributed by atoms with E-state index in [1.54, 1.807) is 6.92 Å². The number of hydrogen-bond donors (Lipinski definition) is 0. The summed E-state index contributed by atoms with van der Waals surface area (Å²) in [7, 11) is 0. The molecule has 0 radical (unpaired) electrons. The van der Waals surface area contributed by atoms with E-state index in [0.717, 1.165) is 25.0 Å². The summed E-state index contributed by atoms with van der Waals surface area (Å²) in [5.74, 6) is -8.84. The highest BCUT2D eigenvalue weighted by molar-refractivity contribution is 6.07. The van der Waals surface area contributed by atoms with Gasteiger partial charge in [0, 0.05) is 17.2 Å². The topological polar surface area (TPSA) is 22.4 Å². The minimum absolute atomic E-state index is 0.0362. The molecule has 0 aliphatic heterocycles. The molecular weight excluding hydrogens is 446 g/mol. The Morgan fingerprint density at radius 3 is 2.00 bits per heavy atom. The van der Waals surface area contributed by atoms with Gasteiger partial charge in [0.15, 0.2) is 34.8 Å². The summed E-state index contributed by atoms with van der Waals surface area (Å²) >= 11 is 0. The van der Waals surface area contributed by atoms with E-state index in [2.05, 4.69) is 0 Å². The first-order valence-corrected chi connectivity index (χ1v) is 10.6. The minimum atomic E-state index is -1.56. The minimum Gasteiger partial charge on any atom is -0.491 e. The molecule has 2 nitrogen and oxygen atoms in total. The molecule has 4 aromatic rings. The van der Waals surface area contributed by atoms with Crippen molar-refractivity contribution in [1.29, 1.82) is 0 Å². The zero-order chi connectivity index (χ0) is 23.9. The Morgan fingerprint density at radius 2 is 1.33 bits per heavy atom. The molecule has 0 saturated heterocycles. The van der Waals surface area contributed by atoms with E-state index in [0.29, 0.717) is 12.8 Å². The van der Waals surface area contributed by atoms with Crippen LogP contribution in [-0.2, 0) is 6.42 Å². The molecule has 0 N–H and O–H groups in total. The second kappa shape index (κ2) is 9.00. The number of furan rings is 1. The van der Waals surface area contributed by atoms with E-state index in [4.69, 9.17) is 9.15 Å². The van der Waals surface area contributed by atoms with Crippen LogP contribution in [0.4, 0.5) is 26.3 Å². The third-order valence-electron chi connectivity index (χ3n) is 5.58. The maximum absolute atomic E-state index is 15.0. The molecule has 0 atom stereocenters. The zero-order valence-electron chi connectivity index (χ0n) is 17.9. The van der Waals surface area contributed by atoms with Crippen molar-refractivity contribution < 1.29 is 35.5 Å². The highest BCUT2D eigenvalue weighted by Crippen LogP contribution is 2.41. The molecule has 8 heteroatoms. The van der Waals surface area contributed by atoms with Crippen LogP contribution in [0.15, 0.2) is 28.7 Å². The second-order valence-corrected chi connectivity index (χ2v) is 7.69. The number of unbranched alkanes of at least 4 members (excludes halogenated alkanes) is 2. The third-order valence-corrected chi connectivity index (χ3v) is 5.58. The first-order chi connectivity index (χ1) is 15.8. The SMILES string of the molecule is CCCCCc1ccc(-c2cc3oc4cc(OCC)c(F)c(F)c4c3c(F)c2F)c(F)c1F. The monoisotopic (exact) mass is 466 g/mol. The summed E-state index contributed by atoms with van der Waals surface area (Å²) in [5.41, 5.74) is -1.59. The molecule has 174 valence electrons. The maximum Gasteiger partial charge on any atom is 0.201 e. The maximum atomic E-state index is 15.0. The fraction of sp³-hybridized carbons (Fsp3) is 0.280. The summed E-state index contributed by atoms with van der Waals surface area (Å²) in [6, 6.07) is 4.46. The van der Waals surface area contributed by atoms with Crippen molar-refractivity contribution in [3.05, 3.63) is 64.7 Å². The van der Waals surface area contributed by atoms with Crippen molar-refractivity contribution in [2.45, 2.75) is 39.5 Å². The van der Waals surface area contributed by atoms with Crippen molar-refractivity contribution in [2.75, 3.05) is 6.61 Å². The number of rotatable bonds is 7. The van der Waals surface area contributed by atoms with Crippen molar-refractivity contribution in [3.8, 4) is 16.9 Å². The molecule has 0 aliphatic carbocycles. The fourth-order valence-electron chi connectivity index (χ4n) is 3.94. The molecule has 3 aromatic carbocycles. The molecule has 0 spiro atoms. The van der Waals surface area contributed by atoms with Gasteiger partial charge in [-0.2, -0.15) is 4.39 Å². The van der Waals surface area contributed by atoms with Crippen LogP contribution in [0.3, 0.4) is 0 Å². The lowest BCUT2D eigenvalue weighted by atomic mass is 9.98. The van der Waals surface area contributed by atoms with E-state index in [1.165, 1.54) is 12.1 Å². The van der Waals surface area contributed by atoms with Gasteiger partial charge < -0.3 is 9.15 Å². The summed E-state index contributed by atoms with van der Waals surface area (Å²) in [5, 5.41) is -1.24. The Bertz CT molecular complexity index is 1360. The van der Waals surface area contributed by atoms with Gasteiger partial charge in [0.25, 0.3) is 0 Å². The summed E-state index contributed by atoms with van der Waals surface area (Å²) < 4.78 is 98.8. The Balaban J connectivity index is 1.90. The van der Waals surface area contributed by atoms with E-state index in [1.807, 2.05) is 6.92 Å². The zero-order valence-corrected chi connectivity index (χ0v) is 17.9. The van der Waals surface area contributed by atoms with E-state index in [9.17, 15) is 22.0 Å². The van der Waals surface area contributed by atoms with Gasteiger partial charge in [0.05, 0.1) is 17.4 Å². The van der Waals surface area contributed by atoms with Crippen molar-refractivity contribution in [2.24, 2.45) is 0 Å².